The van der Waals surface area contributed by atoms with Crippen molar-refractivity contribution in [1.82, 2.24) is 14.8 Å². The molecular weight excluding hydrogens is 395 g/mol. The maximum atomic E-state index is 13.8. The summed E-state index contributed by atoms with van der Waals surface area (Å²) in [6, 6.07) is 13.9. The number of rotatable bonds is 3. The van der Waals surface area contributed by atoms with Gasteiger partial charge in [0.2, 0.25) is 0 Å². The molecule has 1 aliphatic carbocycles. The predicted molar refractivity (Wildman–Crippen MR) is 116 cm³/mol. The average molecular weight is 416 g/mol. The smallest absolute Gasteiger partial charge is 0.167 e. The zero-order chi connectivity index (χ0) is 21.7. The van der Waals surface area contributed by atoms with Crippen LogP contribution in [0.2, 0.25) is 0 Å². The average Bonchev–Trinajstić information content (AvgIpc) is 3.10. The monoisotopic (exact) mass is 416 g/mol. The summed E-state index contributed by atoms with van der Waals surface area (Å²) in [6.07, 6.45) is 0.927. The van der Waals surface area contributed by atoms with Crippen LogP contribution >= 0.6 is 0 Å². The Morgan fingerprint density at radius 1 is 1.16 bits per heavy atom. The summed E-state index contributed by atoms with van der Waals surface area (Å²) in [4.78, 5) is 17.9. The van der Waals surface area contributed by atoms with Gasteiger partial charge < -0.3 is 10.5 Å². The van der Waals surface area contributed by atoms with Crippen LogP contribution in [-0.2, 0) is 6.42 Å². The molecule has 7 heteroatoms. The largest absolute Gasteiger partial charge is 0.497 e. The molecule has 31 heavy (non-hydrogen) atoms. The van der Waals surface area contributed by atoms with Crippen LogP contribution in [-0.4, -0.2) is 27.7 Å². The molecule has 2 aromatic heterocycles. The maximum absolute atomic E-state index is 13.8. The van der Waals surface area contributed by atoms with E-state index in [4.69, 9.17) is 15.5 Å². The van der Waals surface area contributed by atoms with Gasteiger partial charge in [0.25, 0.3) is 0 Å². The molecule has 1 aliphatic rings. The third-order valence-electron chi connectivity index (χ3n) is 5.87. The van der Waals surface area contributed by atoms with Gasteiger partial charge in [0.05, 0.1) is 40.8 Å². The van der Waals surface area contributed by atoms with Crippen molar-refractivity contribution in [2.24, 2.45) is 0 Å². The van der Waals surface area contributed by atoms with Gasteiger partial charge >= 0.3 is 0 Å². The Hall–Kier alpha value is -3.74. The van der Waals surface area contributed by atoms with Crippen LogP contribution in [0.25, 0.3) is 16.7 Å². The minimum absolute atomic E-state index is 0.0221. The van der Waals surface area contributed by atoms with Crippen molar-refractivity contribution in [3.8, 4) is 11.4 Å². The van der Waals surface area contributed by atoms with Gasteiger partial charge in [0, 0.05) is 6.42 Å². The summed E-state index contributed by atoms with van der Waals surface area (Å²) >= 11 is 0. The lowest BCUT2D eigenvalue weighted by Crippen LogP contribution is -2.22. The van der Waals surface area contributed by atoms with Crippen molar-refractivity contribution in [3.05, 3.63) is 76.9 Å². The minimum atomic E-state index is -0.363. The van der Waals surface area contributed by atoms with Crippen LogP contribution in [0.4, 0.5) is 10.1 Å². The lowest BCUT2D eigenvalue weighted by molar-refractivity contribution is 0.0964. The second-order valence-electron chi connectivity index (χ2n) is 7.83. The van der Waals surface area contributed by atoms with E-state index >= 15 is 0 Å². The number of pyridine rings is 1. The lowest BCUT2D eigenvalue weighted by atomic mass is 9.80. The van der Waals surface area contributed by atoms with Gasteiger partial charge in [-0.25, -0.2) is 14.1 Å². The summed E-state index contributed by atoms with van der Waals surface area (Å²) in [5, 5.41) is 5.17. The second kappa shape index (κ2) is 7.19. The van der Waals surface area contributed by atoms with Crippen LogP contribution in [0, 0.1) is 12.7 Å². The molecule has 156 valence electrons. The van der Waals surface area contributed by atoms with Crippen molar-refractivity contribution in [2.45, 2.75) is 25.7 Å². The number of aromatic nitrogens is 3. The van der Waals surface area contributed by atoms with E-state index in [9.17, 15) is 9.18 Å². The number of aryl methyl sites for hydroxylation is 1. The van der Waals surface area contributed by atoms with Gasteiger partial charge in [-0.05, 0) is 55.2 Å². The number of carbonyl (C=O) groups excluding carboxylic acids is 1. The molecule has 0 amide bonds. The molecule has 0 radical (unpaired) electrons. The van der Waals surface area contributed by atoms with E-state index in [1.165, 1.54) is 12.1 Å². The molecule has 0 saturated heterocycles. The van der Waals surface area contributed by atoms with E-state index in [0.29, 0.717) is 52.2 Å². The van der Waals surface area contributed by atoms with E-state index in [0.717, 1.165) is 11.3 Å². The van der Waals surface area contributed by atoms with Crippen LogP contribution in [0.5, 0.6) is 5.75 Å². The number of ketones is 1. The first-order valence-electron chi connectivity index (χ1n) is 10.1. The molecule has 4 aromatic rings. The summed E-state index contributed by atoms with van der Waals surface area (Å²) in [5.74, 6) is 0.335. The van der Waals surface area contributed by atoms with Crippen molar-refractivity contribution >= 4 is 22.5 Å². The molecule has 0 aliphatic heterocycles. The van der Waals surface area contributed by atoms with Gasteiger partial charge in [-0.15, -0.1) is 0 Å². The standard InChI is InChI=1S/C24H21FN4O2/c1-13-21-23(26)22-19(27-24(21)29(28-13)17-7-4-6-16(25)12-17)10-15(11-20(22)30)14-5-3-8-18(9-14)31-2/h3-9,12,15H,10-11H2,1-2H3,(H2,26,27). The minimum Gasteiger partial charge on any atom is -0.497 e. The van der Waals surface area contributed by atoms with Gasteiger partial charge in [0.15, 0.2) is 11.4 Å². The highest BCUT2D eigenvalue weighted by Gasteiger charge is 2.32. The molecule has 0 fully saturated rings. The molecule has 2 aromatic carbocycles. The van der Waals surface area contributed by atoms with E-state index in [-0.39, 0.29) is 17.5 Å². The molecule has 2 N–H and O–H groups in total. The number of Topliss-reactive ketones (excluding diaryl/α,β-unsaturated/α-hetero) is 1. The van der Waals surface area contributed by atoms with Crippen LogP contribution < -0.4 is 10.5 Å². The number of fused-ring (bicyclic) bond motifs is 2. The number of nitrogens with zero attached hydrogens (tertiary/aromatic N) is 3. The number of methoxy groups -OCH3 is 1. The molecule has 5 rings (SSSR count). The number of hydrogen-bond acceptors (Lipinski definition) is 5. The number of hydrogen-bond donors (Lipinski definition) is 1. The normalized spacial score (nSPS) is 15.8. The van der Waals surface area contributed by atoms with E-state index in [1.807, 2.05) is 31.2 Å². The Balaban J connectivity index is 1.67. The number of anilines is 1. The number of ether oxygens (including phenoxy) is 1. The van der Waals surface area contributed by atoms with Crippen molar-refractivity contribution in [3.63, 3.8) is 0 Å². The fraction of sp³-hybridized carbons (Fsp3) is 0.208. The summed E-state index contributed by atoms with van der Waals surface area (Å²) in [5.41, 5.74) is 10.7. The first kappa shape index (κ1) is 19.2. The van der Waals surface area contributed by atoms with Gasteiger partial charge in [-0.1, -0.05) is 18.2 Å². The van der Waals surface area contributed by atoms with Crippen LogP contribution in [0.1, 0.15) is 39.6 Å². The quantitative estimate of drug-likeness (QED) is 0.536. The zero-order valence-electron chi connectivity index (χ0n) is 17.2. The van der Waals surface area contributed by atoms with Crippen molar-refractivity contribution in [1.29, 1.82) is 0 Å². The SMILES string of the molecule is COc1cccc(C2CC(=O)c3c(nc4c(c(C)nn4-c4cccc(F)c4)c3N)C2)c1. The summed E-state index contributed by atoms with van der Waals surface area (Å²) < 4.78 is 20.7. The van der Waals surface area contributed by atoms with Gasteiger partial charge in [-0.2, -0.15) is 5.10 Å². The summed E-state index contributed by atoms with van der Waals surface area (Å²) in [7, 11) is 1.62. The number of nitrogens with two attached hydrogens (primary N) is 1. The molecule has 0 saturated carbocycles. The highest BCUT2D eigenvalue weighted by atomic mass is 19.1. The lowest BCUT2D eigenvalue weighted by Gasteiger charge is -2.25. The Bertz CT molecular complexity index is 1350. The molecule has 0 spiro atoms. The first-order valence-corrected chi connectivity index (χ1v) is 10.1. The van der Waals surface area contributed by atoms with Crippen LogP contribution in [0.15, 0.2) is 48.5 Å². The second-order valence-corrected chi connectivity index (χ2v) is 7.83. The predicted octanol–water partition coefficient (Wildman–Crippen LogP) is 4.37. The summed E-state index contributed by atoms with van der Waals surface area (Å²) in [6.45, 7) is 1.81. The van der Waals surface area contributed by atoms with E-state index in [1.54, 1.807) is 23.9 Å². The van der Waals surface area contributed by atoms with Gasteiger partial charge in [-0.3, -0.25) is 4.79 Å². The number of halogens is 1. The molecular formula is C24H21FN4O2. The third kappa shape index (κ3) is 3.13. The fourth-order valence-electron chi connectivity index (χ4n) is 4.41. The molecule has 0 bridgehead atoms. The highest BCUT2D eigenvalue weighted by molar-refractivity contribution is 6.09. The number of nitrogen functional groups attached to an aromatic ring is 1. The number of carbonyl (C=O) groups is 1. The maximum Gasteiger partial charge on any atom is 0.167 e. The topological polar surface area (TPSA) is 83.0 Å². The number of benzene rings is 2. The Morgan fingerprint density at radius 3 is 2.74 bits per heavy atom. The molecule has 2 heterocycles. The van der Waals surface area contributed by atoms with Gasteiger partial charge in [0.1, 0.15) is 11.6 Å². The molecule has 1 atom stereocenters. The Kier molecular flexibility index (Phi) is 4.46. The van der Waals surface area contributed by atoms with Crippen molar-refractivity contribution < 1.29 is 13.9 Å². The van der Waals surface area contributed by atoms with E-state index in [2.05, 4.69) is 5.10 Å². The highest BCUT2D eigenvalue weighted by Crippen LogP contribution is 2.39. The molecule has 6 nitrogen and oxygen atoms in total. The third-order valence-corrected chi connectivity index (χ3v) is 5.87. The Labute approximate surface area is 178 Å². The van der Waals surface area contributed by atoms with Crippen molar-refractivity contribution in [2.75, 3.05) is 12.8 Å². The Morgan fingerprint density at radius 2 is 1.97 bits per heavy atom. The fourth-order valence-corrected chi connectivity index (χ4v) is 4.41. The van der Waals surface area contributed by atoms with E-state index < -0.39 is 0 Å². The van der Waals surface area contributed by atoms with Crippen LogP contribution in [0.3, 0.4) is 0 Å². The zero-order valence-corrected chi connectivity index (χ0v) is 17.2. The molecule has 1 unspecified atom stereocenters. The first-order chi connectivity index (χ1) is 15.0.